The van der Waals surface area contributed by atoms with Crippen LogP contribution >= 0.6 is 0 Å². The molecule has 5 heteroatoms. The van der Waals surface area contributed by atoms with Crippen molar-refractivity contribution in [2.24, 2.45) is 7.05 Å². The van der Waals surface area contributed by atoms with Gasteiger partial charge in [-0.15, -0.1) is 0 Å². The van der Waals surface area contributed by atoms with Crippen LogP contribution in [0.15, 0.2) is 27.8 Å². The van der Waals surface area contributed by atoms with Gasteiger partial charge >= 0.3 is 0 Å². The van der Waals surface area contributed by atoms with Crippen LogP contribution in [0.25, 0.3) is 21.8 Å². The fourth-order valence-corrected chi connectivity index (χ4v) is 3.36. The second-order valence-corrected chi connectivity index (χ2v) is 5.79. The summed E-state index contributed by atoms with van der Waals surface area (Å²) in [4.78, 5) is 24.4. The molecule has 5 nitrogen and oxygen atoms in total. The number of rotatable bonds is 1. The number of nitrogens with zero attached hydrogens (tertiary/aromatic N) is 2. The molecule has 0 amide bonds. The Labute approximate surface area is 126 Å². The van der Waals surface area contributed by atoms with Crippen LogP contribution in [0.1, 0.15) is 18.1 Å². The highest BCUT2D eigenvalue weighted by atomic mass is 16.5. The first-order valence-corrected chi connectivity index (χ1v) is 7.35. The average Bonchev–Trinajstić information content (AvgIpc) is 2.93. The summed E-state index contributed by atoms with van der Waals surface area (Å²) in [6.45, 7) is 4.17. The molecule has 1 aliphatic heterocycles. The number of aryl methyl sites for hydroxylation is 3. The molecule has 4 rings (SSSR count). The zero-order valence-electron chi connectivity index (χ0n) is 12.8. The summed E-state index contributed by atoms with van der Waals surface area (Å²) in [7, 11) is 1.74. The number of benzene rings is 1. The Morgan fingerprint density at radius 1 is 1.09 bits per heavy atom. The molecule has 3 heterocycles. The van der Waals surface area contributed by atoms with Gasteiger partial charge in [-0.2, -0.15) is 0 Å². The van der Waals surface area contributed by atoms with Crippen molar-refractivity contribution >= 4 is 21.8 Å². The van der Waals surface area contributed by atoms with Crippen LogP contribution in [0.3, 0.4) is 0 Å². The molecule has 0 atom stereocenters. The summed E-state index contributed by atoms with van der Waals surface area (Å²) < 4.78 is 9.03. The van der Waals surface area contributed by atoms with Crippen LogP contribution in [0.2, 0.25) is 0 Å². The first-order valence-electron chi connectivity index (χ1n) is 7.35. The average molecular weight is 296 g/mol. The third kappa shape index (κ3) is 1.48. The van der Waals surface area contributed by atoms with Crippen LogP contribution in [0.5, 0.6) is 5.75 Å². The molecule has 0 aliphatic carbocycles. The Bertz CT molecular complexity index is 1070. The largest absolute Gasteiger partial charge is 0.468 e. The summed E-state index contributed by atoms with van der Waals surface area (Å²) in [5.74, 6) is 0.642. The van der Waals surface area contributed by atoms with Gasteiger partial charge in [0.2, 0.25) is 0 Å². The second kappa shape index (κ2) is 4.22. The van der Waals surface area contributed by atoms with E-state index in [9.17, 15) is 9.59 Å². The topological polar surface area (TPSA) is 53.2 Å². The lowest BCUT2D eigenvalue weighted by Crippen LogP contribution is -2.18. The highest BCUT2D eigenvalue weighted by molar-refractivity contribution is 6.05. The Kier molecular flexibility index (Phi) is 2.52. The molecule has 0 fully saturated rings. The van der Waals surface area contributed by atoms with Gasteiger partial charge in [-0.25, -0.2) is 0 Å². The smallest absolute Gasteiger partial charge is 0.254 e. The molecule has 0 spiro atoms. The first-order chi connectivity index (χ1) is 10.5. The van der Waals surface area contributed by atoms with Gasteiger partial charge in [0.25, 0.3) is 11.1 Å². The number of fused-ring (bicyclic) bond motifs is 2. The van der Waals surface area contributed by atoms with Gasteiger partial charge in [-0.1, -0.05) is 6.92 Å². The molecule has 0 unspecified atom stereocenters. The lowest BCUT2D eigenvalue weighted by Gasteiger charge is -2.13. The van der Waals surface area contributed by atoms with Gasteiger partial charge in [0.15, 0.2) is 12.5 Å². The van der Waals surface area contributed by atoms with Crippen molar-refractivity contribution < 1.29 is 4.74 Å². The minimum atomic E-state index is -0.0697. The van der Waals surface area contributed by atoms with Crippen LogP contribution in [-0.4, -0.2) is 9.13 Å². The highest BCUT2D eigenvalue weighted by Crippen LogP contribution is 2.39. The van der Waals surface area contributed by atoms with Crippen molar-refractivity contribution in [3.8, 4) is 5.75 Å². The van der Waals surface area contributed by atoms with Crippen molar-refractivity contribution in [3.05, 3.63) is 50.0 Å². The van der Waals surface area contributed by atoms with Crippen molar-refractivity contribution in [3.63, 3.8) is 0 Å². The predicted octanol–water partition coefficient (Wildman–Crippen LogP) is 2.07. The van der Waals surface area contributed by atoms with Crippen LogP contribution < -0.4 is 15.9 Å². The summed E-state index contributed by atoms with van der Waals surface area (Å²) in [5.41, 5.74) is 3.37. The second-order valence-electron chi connectivity index (χ2n) is 5.79. The minimum Gasteiger partial charge on any atom is -0.468 e. The number of hydrogen-bond acceptors (Lipinski definition) is 3. The van der Waals surface area contributed by atoms with E-state index in [4.69, 9.17) is 4.74 Å². The van der Waals surface area contributed by atoms with Crippen molar-refractivity contribution in [1.29, 1.82) is 0 Å². The van der Waals surface area contributed by atoms with Gasteiger partial charge in [0.05, 0.1) is 11.0 Å². The SMILES string of the molecule is CCc1cc(=O)n(C)c2c3c4c(cc12)c(C)cc(=O)n4CO3. The third-order valence-electron chi connectivity index (χ3n) is 4.56. The third-order valence-corrected chi connectivity index (χ3v) is 4.56. The van der Waals surface area contributed by atoms with E-state index >= 15 is 0 Å². The summed E-state index contributed by atoms with van der Waals surface area (Å²) in [6, 6.07) is 5.40. The molecule has 0 saturated carbocycles. The van der Waals surface area contributed by atoms with E-state index in [1.54, 1.807) is 28.3 Å². The number of aromatic nitrogens is 2. The van der Waals surface area contributed by atoms with Crippen LogP contribution in [0, 0.1) is 6.92 Å². The fourth-order valence-electron chi connectivity index (χ4n) is 3.36. The zero-order valence-corrected chi connectivity index (χ0v) is 12.8. The summed E-state index contributed by atoms with van der Waals surface area (Å²) in [6.07, 6.45) is 0.774. The molecule has 1 aromatic carbocycles. The lowest BCUT2D eigenvalue weighted by atomic mass is 10.0. The van der Waals surface area contributed by atoms with Gasteiger partial charge in [-0.3, -0.25) is 14.2 Å². The molecule has 0 bridgehead atoms. The van der Waals surface area contributed by atoms with E-state index < -0.39 is 0 Å². The quantitative estimate of drug-likeness (QED) is 0.646. The highest BCUT2D eigenvalue weighted by Gasteiger charge is 2.23. The van der Waals surface area contributed by atoms with Gasteiger partial charge in [0.1, 0.15) is 0 Å². The lowest BCUT2D eigenvalue weighted by molar-refractivity contribution is 0.268. The first kappa shape index (κ1) is 13.1. The number of pyridine rings is 2. The minimum absolute atomic E-state index is 0.0583. The summed E-state index contributed by atoms with van der Waals surface area (Å²) in [5, 5.41) is 2.02. The molecule has 2 aromatic heterocycles. The van der Waals surface area contributed by atoms with E-state index in [0.29, 0.717) is 5.75 Å². The monoisotopic (exact) mass is 296 g/mol. The van der Waals surface area contributed by atoms with Crippen LogP contribution in [0.4, 0.5) is 0 Å². The Morgan fingerprint density at radius 2 is 1.86 bits per heavy atom. The molecular weight excluding hydrogens is 280 g/mol. The Balaban J connectivity index is 2.38. The van der Waals surface area contributed by atoms with Gasteiger partial charge in [-0.05, 0) is 30.5 Å². The molecule has 0 N–H and O–H groups in total. The molecular formula is C17H16N2O3. The Hall–Kier alpha value is -2.56. The van der Waals surface area contributed by atoms with Crippen molar-refractivity contribution in [1.82, 2.24) is 9.13 Å². The van der Waals surface area contributed by atoms with Crippen molar-refractivity contribution in [2.45, 2.75) is 27.0 Å². The van der Waals surface area contributed by atoms with E-state index in [-0.39, 0.29) is 17.8 Å². The number of hydrogen-bond donors (Lipinski definition) is 0. The molecule has 112 valence electrons. The molecule has 0 saturated heterocycles. The molecule has 1 aliphatic rings. The van der Waals surface area contributed by atoms with Gasteiger partial charge in [0, 0.05) is 30.0 Å². The molecule has 22 heavy (non-hydrogen) atoms. The van der Waals surface area contributed by atoms with Crippen LogP contribution in [-0.2, 0) is 20.2 Å². The van der Waals surface area contributed by atoms with E-state index in [0.717, 1.165) is 39.4 Å². The molecule has 3 aromatic rings. The van der Waals surface area contributed by atoms with E-state index in [1.165, 1.54) is 0 Å². The zero-order chi connectivity index (χ0) is 15.6. The van der Waals surface area contributed by atoms with E-state index in [2.05, 4.69) is 6.07 Å². The predicted molar refractivity (Wildman–Crippen MR) is 85.7 cm³/mol. The fraction of sp³-hybridized carbons (Fsp3) is 0.294. The Morgan fingerprint density at radius 3 is 2.59 bits per heavy atom. The van der Waals surface area contributed by atoms with Crippen molar-refractivity contribution in [2.75, 3.05) is 0 Å². The maximum atomic E-state index is 12.2. The standard InChI is InChI=1S/C17H16N2O3/c1-4-10-6-13(20)18(3)15-12(10)7-11-9(2)5-14(21)19-8-22-17(15)16(11)19/h5-7H,4,8H2,1-3H3. The maximum absolute atomic E-state index is 12.2. The molecule has 0 radical (unpaired) electrons. The van der Waals surface area contributed by atoms with E-state index in [1.807, 2.05) is 13.8 Å². The normalized spacial score (nSPS) is 13.0. The maximum Gasteiger partial charge on any atom is 0.254 e. The summed E-state index contributed by atoms with van der Waals surface area (Å²) >= 11 is 0. The van der Waals surface area contributed by atoms with Gasteiger partial charge < -0.3 is 9.30 Å². The number of ether oxygens (including phenoxy) is 1.